The molecule has 0 radical (unpaired) electrons. The van der Waals surface area contributed by atoms with Crippen LogP contribution >= 0.6 is 39.3 Å². The summed E-state index contributed by atoms with van der Waals surface area (Å²) in [7, 11) is 0. The first-order valence-electron chi connectivity index (χ1n) is 8.46. The van der Waals surface area contributed by atoms with Gasteiger partial charge < -0.3 is 4.42 Å². The molecule has 0 N–H and O–H groups in total. The highest BCUT2D eigenvalue weighted by Gasteiger charge is 2.35. The second kappa shape index (κ2) is 8.18. The number of halogens is 3. The van der Waals surface area contributed by atoms with E-state index in [1.165, 1.54) is 23.1 Å². The van der Waals surface area contributed by atoms with Crippen molar-refractivity contribution in [2.45, 2.75) is 6.54 Å². The number of carbonyl (C=O) groups is 2. The highest BCUT2D eigenvalue weighted by Crippen LogP contribution is 2.35. The normalized spacial score (nSPS) is 15.6. The van der Waals surface area contributed by atoms with E-state index >= 15 is 0 Å². The van der Waals surface area contributed by atoms with Crippen LogP contribution in [0.3, 0.4) is 0 Å². The third kappa shape index (κ3) is 4.17. The predicted molar refractivity (Wildman–Crippen MR) is 115 cm³/mol. The molecule has 2 heterocycles. The van der Waals surface area contributed by atoms with Gasteiger partial charge >= 0.3 is 0 Å². The molecule has 0 atom stereocenters. The SMILES string of the molecule is O=C1S/C(=C\c2ccc(-c3ccc(F)c(Cl)c3)o2)C(=O)N1Cc1ccccc1Br. The topological polar surface area (TPSA) is 50.5 Å². The number of hydrogen-bond donors (Lipinski definition) is 0. The molecule has 1 fully saturated rings. The molecule has 1 saturated heterocycles. The first-order valence-corrected chi connectivity index (χ1v) is 10.4. The summed E-state index contributed by atoms with van der Waals surface area (Å²) in [6.45, 7) is 0.181. The van der Waals surface area contributed by atoms with E-state index in [-0.39, 0.29) is 27.6 Å². The molecule has 0 aliphatic carbocycles. The average Bonchev–Trinajstić information content (AvgIpc) is 3.26. The molecule has 4 rings (SSSR count). The second-order valence-corrected chi connectivity index (χ2v) is 8.44. The molecule has 1 aliphatic rings. The first-order chi connectivity index (χ1) is 13.9. The van der Waals surface area contributed by atoms with Crippen LogP contribution in [0.1, 0.15) is 11.3 Å². The third-order valence-electron chi connectivity index (χ3n) is 4.26. The summed E-state index contributed by atoms with van der Waals surface area (Å²) in [4.78, 5) is 26.5. The Morgan fingerprint density at radius 1 is 1.14 bits per heavy atom. The number of rotatable bonds is 4. The van der Waals surface area contributed by atoms with Gasteiger partial charge in [-0.3, -0.25) is 14.5 Å². The molecule has 146 valence electrons. The lowest BCUT2D eigenvalue weighted by molar-refractivity contribution is -0.123. The third-order valence-corrected chi connectivity index (χ3v) is 6.23. The van der Waals surface area contributed by atoms with Crippen LogP contribution in [0.5, 0.6) is 0 Å². The number of benzene rings is 2. The van der Waals surface area contributed by atoms with Gasteiger partial charge in [-0.05, 0) is 53.7 Å². The van der Waals surface area contributed by atoms with E-state index in [1.54, 1.807) is 18.2 Å². The Kier molecular flexibility index (Phi) is 5.63. The van der Waals surface area contributed by atoms with Crippen molar-refractivity contribution in [3.05, 3.63) is 86.1 Å². The van der Waals surface area contributed by atoms with E-state index in [1.807, 2.05) is 24.3 Å². The number of amides is 2. The van der Waals surface area contributed by atoms with Gasteiger partial charge in [-0.15, -0.1) is 0 Å². The van der Waals surface area contributed by atoms with Crippen LogP contribution in [-0.2, 0) is 11.3 Å². The molecule has 29 heavy (non-hydrogen) atoms. The van der Waals surface area contributed by atoms with Crippen LogP contribution in [0.4, 0.5) is 9.18 Å². The van der Waals surface area contributed by atoms with Gasteiger partial charge in [0.25, 0.3) is 11.1 Å². The Labute approximate surface area is 183 Å². The van der Waals surface area contributed by atoms with E-state index < -0.39 is 5.82 Å². The molecule has 0 spiro atoms. The van der Waals surface area contributed by atoms with Crippen LogP contribution in [0.2, 0.25) is 5.02 Å². The highest BCUT2D eigenvalue weighted by molar-refractivity contribution is 9.10. The van der Waals surface area contributed by atoms with Gasteiger partial charge in [0.1, 0.15) is 17.3 Å². The van der Waals surface area contributed by atoms with Gasteiger partial charge in [-0.2, -0.15) is 0 Å². The molecule has 0 bridgehead atoms. The summed E-state index contributed by atoms with van der Waals surface area (Å²) < 4.78 is 19.9. The largest absolute Gasteiger partial charge is 0.457 e. The van der Waals surface area contributed by atoms with Crippen molar-refractivity contribution in [3.8, 4) is 11.3 Å². The summed E-state index contributed by atoms with van der Waals surface area (Å²) in [5.74, 6) is -0.00288. The summed E-state index contributed by atoms with van der Waals surface area (Å²) in [6.07, 6.45) is 1.53. The number of hydrogen-bond acceptors (Lipinski definition) is 4. The lowest BCUT2D eigenvalue weighted by atomic mass is 10.2. The fourth-order valence-corrected chi connectivity index (χ4v) is 4.21. The number of nitrogens with zero attached hydrogens (tertiary/aromatic N) is 1. The van der Waals surface area contributed by atoms with Crippen LogP contribution in [0.15, 0.2) is 68.4 Å². The molecule has 1 aromatic heterocycles. The lowest BCUT2D eigenvalue weighted by Crippen LogP contribution is -2.27. The zero-order valence-corrected chi connectivity index (χ0v) is 17.9. The van der Waals surface area contributed by atoms with Crippen molar-refractivity contribution in [2.24, 2.45) is 0 Å². The van der Waals surface area contributed by atoms with E-state index in [4.69, 9.17) is 16.0 Å². The van der Waals surface area contributed by atoms with Crippen molar-refractivity contribution >= 4 is 56.5 Å². The zero-order valence-electron chi connectivity index (χ0n) is 14.7. The zero-order chi connectivity index (χ0) is 20.5. The number of carbonyl (C=O) groups excluding carboxylic acids is 2. The molecule has 3 aromatic rings. The van der Waals surface area contributed by atoms with Gasteiger partial charge in [0.05, 0.1) is 16.5 Å². The summed E-state index contributed by atoms with van der Waals surface area (Å²) in [5, 5.41) is -0.345. The maximum atomic E-state index is 13.3. The monoisotopic (exact) mass is 491 g/mol. The van der Waals surface area contributed by atoms with Crippen molar-refractivity contribution in [1.29, 1.82) is 0 Å². The van der Waals surface area contributed by atoms with Crippen LogP contribution < -0.4 is 0 Å². The van der Waals surface area contributed by atoms with Crippen LogP contribution in [0, 0.1) is 5.82 Å². The molecular formula is C21H12BrClFNO3S. The summed E-state index contributed by atoms with van der Waals surface area (Å²) in [5.41, 5.74) is 1.45. The van der Waals surface area contributed by atoms with Gasteiger partial charge in [-0.25, -0.2) is 4.39 Å². The van der Waals surface area contributed by atoms with Crippen molar-refractivity contribution in [3.63, 3.8) is 0 Å². The maximum absolute atomic E-state index is 13.3. The molecule has 8 heteroatoms. The quantitative estimate of drug-likeness (QED) is 0.379. The van der Waals surface area contributed by atoms with Gasteiger partial charge in [0, 0.05) is 16.1 Å². The minimum Gasteiger partial charge on any atom is -0.457 e. The number of thioether (sulfide) groups is 1. The Morgan fingerprint density at radius 2 is 1.93 bits per heavy atom. The van der Waals surface area contributed by atoms with E-state index in [9.17, 15) is 14.0 Å². The standard InChI is InChI=1S/C21H12BrClFNO3S/c22-15-4-2-1-3-13(15)11-25-20(26)19(29-21(25)27)10-14-6-8-18(28-14)12-5-7-17(24)16(23)9-12/h1-10H,11H2/b19-10-. The molecule has 2 amide bonds. The first kappa shape index (κ1) is 19.9. The minimum absolute atomic E-state index is 0.00589. The second-order valence-electron chi connectivity index (χ2n) is 6.19. The van der Waals surface area contributed by atoms with Crippen molar-refractivity contribution < 1.29 is 18.4 Å². The predicted octanol–water partition coefficient (Wildman–Crippen LogP) is 6.74. The average molecular weight is 493 g/mol. The summed E-state index contributed by atoms with van der Waals surface area (Å²) >= 11 is 10.1. The maximum Gasteiger partial charge on any atom is 0.293 e. The lowest BCUT2D eigenvalue weighted by Gasteiger charge is -2.13. The van der Waals surface area contributed by atoms with Gasteiger partial charge in [0.2, 0.25) is 0 Å². The Hall–Kier alpha value is -2.35. The smallest absolute Gasteiger partial charge is 0.293 e. The molecular weight excluding hydrogens is 481 g/mol. The van der Waals surface area contributed by atoms with Crippen LogP contribution in [0.25, 0.3) is 17.4 Å². The molecule has 0 saturated carbocycles. The fraction of sp³-hybridized carbons (Fsp3) is 0.0476. The van der Waals surface area contributed by atoms with Crippen molar-refractivity contribution in [1.82, 2.24) is 4.90 Å². The fourth-order valence-electron chi connectivity index (χ4n) is 2.80. The number of furan rings is 1. The summed E-state index contributed by atoms with van der Waals surface area (Å²) in [6, 6.07) is 15.1. The molecule has 2 aromatic carbocycles. The Balaban J connectivity index is 1.55. The molecule has 0 unspecified atom stereocenters. The van der Waals surface area contributed by atoms with E-state index in [2.05, 4.69) is 15.9 Å². The van der Waals surface area contributed by atoms with Gasteiger partial charge in [0.15, 0.2) is 0 Å². The van der Waals surface area contributed by atoms with Crippen molar-refractivity contribution in [2.75, 3.05) is 0 Å². The van der Waals surface area contributed by atoms with Crippen LogP contribution in [-0.4, -0.2) is 16.0 Å². The Bertz CT molecular complexity index is 1160. The molecule has 4 nitrogen and oxygen atoms in total. The Morgan fingerprint density at radius 3 is 2.69 bits per heavy atom. The van der Waals surface area contributed by atoms with E-state index in [0.29, 0.717) is 17.1 Å². The minimum atomic E-state index is -0.513. The highest BCUT2D eigenvalue weighted by atomic mass is 79.9. The van der Waals surface area contributed by atoms with Gasteiger partial charge in [-0.1, -0.05) is 45.7 Å². The molecule has 1 aliphatic heterocycles. The number of imide groups is 1. The van der Waals surface area contributed by atoms with E-state index in [0.717, 1.165) is 21.8 Å².